The fraction of sp³-hybridized carbons (Fsp3) is 0.0566. The largest absolute Gasteiger partial charge is 0.310 e. The molecule has 0 N–H and O–H groups in total. The summed E-state index contributed by atoms with van der Waals surface area (Å²) in [6, 6.07) is 75.2. The highest BCUT2D eigenvalue weighted by molar-refractivity contribution is 6.09. The van der Waals surface area contributed by atoms with Crippen molar-refractivity contribution in [3.8, 4) is 22.3 Å². The van der Waals surface area contributed by atoms with Gasteiger partial charge in [0, 0.05) is 28.2 Å². The highest BCUT2D eigenvalue weighted by Gasteiger charge is 2.37. The van der Waals surface area contributed by atoms with Crippen molar-refractivity contribution in [2.75, 3.05) is 9.80 Å². The second kappa shape index (κ2) is 13.2. The van der Waals surface area contributed by atoms with Gasteiger partial charge in [-0.1, -0.05) is 159 Å². The highest BCUT2D eigenvalue weighted by Crippen LogP contribution is 2.53. The van der Waals surface area contributed by atoms with Crippen LogP contribution in [-0.2, 0) is 5.41 Å². The number of anilines is 6. The van der Waals surface area contributed by atoms with E-state index in [9.17, 15) is 0 Å². The second-order valence-corrected chi connectivity index (χ2v) is 15.0. The van der Waals surface area contributed by atoms with E-state index in [1.165, 1.54) is 66.3 Å². The summed E-state index contributed by atoms with van der Waals surface area (Å²) < 4.78 is 0. The smallest absolute Gasteiger partial charge is 0.0504 e. The molecular formula is C53H40N2. The lowest BCUT2D eigenvalue weighted by Crippen LogP contribution is -2.31. The zero-order chi connectivity index (χ0) is 36.9. The first kappa shape index (κ1) is 32.7. The Bertz CT molecular complexity index is 2820. The van der Waals surface area contributed by atoms with Crippen LogP contribution in [0.2, 0.25) is 0 Å². The van der Waals surface area contributed by atoms with Crippen LogP contribution in [0.5, 0.6) is 0 Å². The third kappa shape index (κ3) is 5.66. The van der Waals surface area contributed by atoms with Gasteiger partial charge in [-0.3, -0.25) is 0 Å². The zero-order valence-electron chi connectivity index (χ0n) is 31.0. The standard InChI is InChI=1S/C53H40N2/c1-53(2)49-19-11-12-20-51(49)55(44-30-25-40(26-31-44)38-15-7-4-8-16-38)52-34-33-46(36-50(52)53)54(43-28-23-39(24-29-43)37-13-5-3-6-14-37)45-32-27-42-22-21-41-17-9-10-18-47(41)48(42)35-45/h3-36H,1-2H3. The topological polar surface area (TPSA) is 6.48 Å². The number of nitrogens with zero attached hydrogens (tertiary/aromatic N) is 2. The first-order valence-electron chi connectivity index (χ1n) is 19.1. The second-order valence-electron chi connectivity index (χ2n) is 15.0. The zero-order valence-corrected chi connectivity index (χ0v) is 31.0. The van der Waals surface area contributed by atoms with E-state index in [1.54, 1.807) is 0 Å². The summed E-state index contributed by atoms with van der Waals surface area (Å²) >= 11 is 0. The molecule has 0 saturated carbocycles. The molecule has 2 heteroatoms. The molecule has 0 aromatic heterocycles. The van der Waals surface area contributed by atoms with Crippen LogP contribution in [0.15, 0.2) is 206 Å². The van der Waals surface area contributed by atoms with E-state index in [0.717, 1.165) is 22.7 Å². The average molecular weight is 705 g/mol. The van der Waals surface area contributed by atoms with Gasteiger partial charge >= 0.3 is 0 Å². The van der Waals surface area contributed by atoms with E-state index in [4.69, 9.17) is 0 Å². The molecule has 1 aliphatic heterocycles. The van der Waals surface area contributed by atoms with Gasteiger partial charge < -0.3 is 9.80 Å². The molecule has 0 spiro atoms. The van der Waals surface area contributed by atoms with E-state index >= 15 is 0 Å². The number of fused-ring (bicyclic) bond motifs is 5. The fourth-order valence-electron chi connectivity index (χ4n) is 8.55. The van der Waals surface area contributed by atoms with Crippen LogP contribution in [0.1, 0.15) is 25.0 Å². The molecule has 0 bridgehead atoms. The normalized spacial score (nSPS) is 13.0. The van der Waals surface area contributed by atoms with Gasteiger partial charge in [0.1, 0.15) is 0 Å². The van der Waals surface area contributed by atoms with E-state index in [0.29, 0.717) is 0 Å². The van der Waals surface area contributed by atoms with Crippen LogP contribution in [0.4, 0.5) is 34.1 Å². The molecule has 0 saturated heterocycles. The van der Waals surface area contributed by atoms with Gasteiger partial charge in [0.2, 0.25) is 0 Å². The van der Waals surface area contributed by atoms with Crippen LogP contribution in [0.3, 0.4) is 0 Å². The summed E-state index contributed by atoms with van der Waals surface area (Å²) in [5.74, 6) is 0. The molecular weight excluding hydrogens is 665 g/mol. The monoisotopic (exact) mass is 704 g/mol. The molecule has 10 rings (SSSR count). The Labute approximate surface area is 323 Å². The Hall–Kier alpha value is -6.90. The Balaban J connectivity index is 1.14. The molecule has 1 heterocycles. The SMILES string of the molecule is CC1(C)c2ccccc2N(c2ccc(-c3ccccc3)cc2)c2ccc(N(c3ccc(-c4ccccc4)cc3)c3ccc4ccc5ccccc5c4c3)cc21. The number of para-hydroxylation sites is 1. The molecule has 0 aliphatic carbocycles. The number of benzene rings is 9. The van der Waals surface area contributed by atoms with Crippen molar-refractivity contribution in [2.45, 2.75) is 19.3 Å². The average Bonchev–Trinajstić information content (AvgIpc) is 3.25. The number of rotatable bonds is 6. The van der Waals surface area contributed by atoms with Crippen LogP contribution in [-0.4, -0.2) is 0 Å². The molecule has 9 aromatic carbocycles. The van der Waals surface area contributed by atoms with Gasteiger partial charge in [0.15, 0.2) is 0 Å². The van der Waals surface area contributed by atoms with Gasteiger partial charge in [-0.25, -0.2) is 0 Å². The van der Waals surface area contributed by atoms with Gasteiger partial charge in [-0.15, -0.1) is 0 Å². The molecule has 0 fully saturated rings. The lowest BCUT2D eigenvalue weighted by molar-refractivity contribution is 0.632. The minimum Gasteiger partial charge on any atom is -0.310 e. The number of hydrogen-bond donors (Lipinski definition) is 0. The van der Waals surface area contributed by atoms with Crippen LogP contribution in [0.25, 0.3) is 43.8 Å². The maximum Gasteiger partial charge on any atom is 0.0504 e. The molecule has 1 aliphatic rings. The van der Waals surface area contributed by atoms with Crippen molar-refractivity contribution >= 4 is 55.7 Å². The summed E-state index contributed by atoms with van der Waals surface area (Å²) in [6.07, 6.45) is 0. The summed E-state index contributed by atoms with van der Waals surface area (Å²) in [5.41, 5.74) is 14.1. The predicted molar refractivity (Wildman–Crippen MR) is 234 cm³/mol. The van der Waals surface area contributed by atoms with Crippen molar-refractivity contribution in [1.82, 2.24) is 0 Å². The summed E-state index contributed by atoms with van der Waals surface area (Å²) in [5, 5.41) is 4.99. The molecule has 0 radical (unpaired) electrons. The van der Waals surface area contributed by atoms with E-state index in [2.05, 4.69) is 230 Å². The first-order valence-corrected chi connectivity index (χ1v) is 19.1. The third-order valence-corrected chi connectivity index (χ3v) is 11.4. The molecule has 0 unspecified atom stereocenters. The van der Waals surface area contributed by atoms with Gasteiger partial charge in [0.25, 0.3) is 0 Å². The molecule has 55 heavy (non-hydrogen) atoms. The lowest BCUT2D eigenvalue weighted by atomic mass is 9.73. The quantitative estimate of drug-likeness (QED) is 0.159. The Morgan fingerprint density at radius 3 is 1.56 bits per heavy atom. The van der Waals surface area contributed by atoms with Crippen LogP contribution in [0, 0.1) is 0 Å². The first-order chi connectivity index (χ1) is 27.0. The Morgan fingerprint density at radius 1 is 0.364 bits per heavy atom. The Kier molecular flexibility index (Phi) is 7.85. The van der Waals surface area contributed by atoms with E-state index < -0.39 is 0 Å². The van der Waals surface area contributed by atoms with Crippen molar-refractivity contribution in [3.05, 3.63) is 217 Å². The maximum absolute atomic E-state index is 2.44. The number of hydrogen-bond acceptors (Lipinski definition) is 2. The molecule has 2 nitrogen and oxygen atoms in total. The summed E-state index contributed by atoms with van der Waals surface area (Å²) in [6.45, 7) is 4.73. The maximum atomic E-state index is 2.44. The highest BCUT2D eigenvalue weighted by atomic mass is 15.2. The molecule has 262 valence electrons. The van der Waals surface area contributed by atoms with Crippen molar-refractivity contribution in [2.24, 2.45) is 0 Å². The van der Waals surface area contributed by atoms with Crippen LogP contribution < -0.4 is 9.80 Å². The van der Waals surface area contributed by atoms with Gasteiger partial charge in [-0.2, -0.15) is 0 Å². The molecule has 9 aromatic rings. The van der Waals surface area contributed by atoms with Crippen molar-refractivity contribution in [1.29, 1.82) is 0 Å². The van der Waals surface area contributed by atoms with E-state index in [-0.39, 0.29) is 5.41 Å². The molecule has 0 atom stereocenters. The van der Waals surface area contributed by atoms with Gasteiger partial charge in [0.05, 0.1) is 11.4 Å². The molecule has 0 amide bonds. The minimum atomic E-state index is -0.245. The fourth-order valence-corrected chi connectivity index (χ4v) is 8.55. The lowest BCUT2D eigenvalue weighted by Gasteiger charge is -2.42. The minimum absolute atomic E-state index is 0.245. The van der Waals surface area contributed by atoms with E-state index in [1.807, 2.05) is 0 Å². The predicted octanol–water partition coefficient (Wildman–Crippen LogP) is 14.9. The summed E-state index contributed by atoms with van der Waals surface area (Å²) in [4.78, 5) is 4.86. The van der Waals surface area contributed by atoms with Gasteiger partial charge in [-0.05, 0) is 116 Å². The summed E-state index contributed by atoms with van der Waals surface area (Å²) in [7, 11) is 0. The van der Waals surface area contributed by atoms with Crippen molar-refractivity contribution < 1.29 is 0 Å². The van der Waals surface area contributed by atoms with Crippen molar-refractivity contribution in [3.63, 3.8) is 0 Å². The Morgan fingerprint density at radius 2 is 0.855 bits per heavy atom. The van der Waals surface area contributed by atoms with Crippen LogP contribution >= 0.6 is 0 Å². The third-order valence-electron chi connectivity index (χ3n) is 11.4.